The summed E-state index contributed by atoms with van der Waals surface area (Å²) in [6, 6.07) is 7.67. The molecule has 0 bridgehead atoms. The van der Waals surface area contributed by atoms with Crippen molar-refractivity contribution in [3.05, 3.63) is 24.3 Å². The molecule has 6 heteroatoms. The lowest BCUT2D eigenvalue weighted by Crippen LogP contribution is -2.33. The Balaban J connectivity index is 1.73. The molecule has 2 N–H and O–H groups in total. The molecule has 1 atom stereocenters. The summed E-state index contributed by atoms with van der Waals surface area (Å²) in [5.41, 5.74) is 0.890. The first-order valence-electron chi connectivity index (χ1n) is 7.72. The number of benzene rings is 1. The van der Waals surface area contributed by atoms with Gasteiger partial charge in [-0.1, -0.05) is 25.5 Å². The largest absolute Gasteiger partial charge is 0.356 e. The molecule has 22 heavy (non-hydrogen) atoms. The molecule has 0 radical (unpaired) electrons. The fraction of sp³-hybridized carbons (Fsp3) is 0.438. The van der Waals surface area contributed by atoms with Gasteiger partial charge in [0, 0.05) is 24.9 Å². The van der Waals surface area contributed by atoms with E-state index in [-0.39, 0.29) is 24.2 Å². The van der Waals surface area contributed by atoms with Crippen molar-refractivity contribution in [2.45, 2.75) is 26.2 Å². The molecule has 2 heterocycles. The van der Waals surface area contributed by atoms with E-state index in [0.29, 0.717) is 18.9 Å². The summed E-state index contributed by atoms with van der Waals surface area (Å²) in [7, 11) is 0. The van der Waals surface area contributed by atoms with Crippen LogP contribution in [0.4, 0.5) is 5.82 Å². The lowest BCUT2D eigenvalue weighted by molar-refractivity contribution is -0.126. The Hall–Kier alpha value is -2.37. The maximum Gasteiger partial charge on any atom is 0.229 e. The van der Waals surface area contributed by atoms with Crippen LogP contribution in [0.15, 0.2) is 24.3 Å². The molecule has 1 fully saturated rings. The molecule has 1 aliphatic rings. The van der Waals surface area contributed by atoms with Crippen LogP contribution in [0.25, 0.3) is 10.9 Å². The Kier molecular flexibility index (Phi) is 4.09. The summed E-state index contributed by atoms with van der Waals surface area (Å²) in [5.74, 6) is 0.237. The molecule has 2 amide bonds. The lowest BCUT2D eigenvalue weighted by Gasteiger charge is -2.14. The number of fused-ring (bicyclic) bond motifs is 1. The van der Waals surface area contributed by atoms with Gasteiger partial charge in [-0.2, -0.15) is 5.10 Å². The zero-order chi connectivity index (χ0) is 15.5. The zero-order valence-electron chi connectivity index (χ0n) is 12.6. The fourth-order valence-electron chi connectivity index (χ4n) is 2.78. The number of nitrogens with zero attached hydrogens (tertiary/aromatic N) is 2. The summed E-state index contributed by atoms with van der Waals surface area (Å²) in [6.07, 6.45) is 2.24. The second kappa shape index (κ2) is 6.17. The number of aromatic amines is 1. The number of hydrogen-bond acceptors (Lipinski definition) is 3. The van der Waals surface area contributed by atoms with Crippen LogP contribution in [-0.4, -0.2) is 35.1 Å². The average Bonchev–Trinajstić information content (AvgIpc) is 3.10. The van der Waals surface area contributed by atoms with E-state index < -0.39 is 0 Å². The van der Waals surface area contributed by atoms with Gasteiger partial charge in [-0.15, -0.1) is 0 Å². The molecule has 1 aromatic heterocycles. The van der Waals surface area contributed by atoms with Gasteiger partial charge in [0.2, 0.25) is 11.8 Å². The van der Waals surface area contributed by atoms with Crippen LogP contribution in [0.2, 0.25) is 0 Å². The van der Waals surface area contributed by atoms with E-state index in [4.69, 9.17) is 0 Å². The van der Waals surface area contributed by atoms with Crippen LogP contribution in [0.5, 0.6) is 0 Å². The minimum Gasteiger partial charge on any atom is -0.356 e. The van der Waals surface area contributed by atoms with Gasteiger partial charge in [0.05, 0.1) is 11.4 Å². The summed E-state index contributed by atoms with van der Waals surface area (Å²) >= 11 is 0. The monoisotopic (exact) mass is 300 g/mol. The van der Waals surface area contributed by atoms with Gasteiger partial charge in [-0.05, 0) is 18.6 Å². The first kappa shape index (κ1) is 14.6. The molecular formula is C16H20N4O2. The van der Waals surface area contributed by atoms with Crippen molar-refractivity contribution in [1.82, 2.24) is 15.5 Å². The highest BCUT2D eigenvalue weighted by Crippen LogP contribution is 2.29. The number of para-hydroxylation sites is 1. The zero-order valence-corrected chi connectivity index (χ0v) is 12.6. The molecule has 0 saturated carbocycles. The number of hydrogen-bond donors (Lipinski definition) is 2. The van der Waals surface area contributed by atoms with Gasteiger partial charge in [-0.3, -0.25) is 19.6 Å². The van der Waals surface area contributed by atoms with Gasteiger partial charge >= 0.3 is 0 Å². The molecule has 1 saturated heterocycles. The predicted octanol–water partition coefficient (Wildman–Crippen LogP) is 1.83. The van der Waals surface area contributed by atoms with Crippen LogP contribution in [-0.2, 0) is 9.59 Å². The number of anilines is 1. The van der Waals surface area contributed by atoms with Crippen LogP contribution in [0.1, 0.15) is 26.2 Å². The smallest absolute Gasteiger partial charge is 0.229 e. The van der Waals surface area contributed by atoms with Crippen molar-refractivity contribution < 1.29 is 9.59 Å². The highest BCUT2D eigenvalue weighted by molar-refractivity contribution is 6.05. The quantitative estimate of drug-likeness (QED) is 0.827. The third-order valence-electron chi connectivity index (χ3n) is 4.03. The molecule has 2 aromatic rings. The first-order chi connectivity index (χ1) is 10.7. The summed E-state index contributed by atoms with van der Waals surface area (Å²) in [5, 5.41) is 11.0. The SMILES string of the molecule is CCCCNC(=O)[C@@H]1CC(=O)N(c2n[nH]c3ccccc23)C1. The van der Waals surface area contributed by atoms with Gasteiger partial charge in [0.1, 0.15) is 0 Å². The number of unbranched alkanes of at least 4 members (excludes halogenated alkanes) is 1. The van der Waals surface area contributed by atoms with Crippen LogP contribution in [0, 0.1) is 5.92 Å². The Morgan fingerprint density at radius 1 is 1.45 bits per heavy atom. The van der Waals surface area contributed by atoms with Crippen LogP contribution in [0.3, 0.4) is 0 Å². The molecule has 0 aliphatic carbocycles. The van der Waals surface area contributed by atoms with E-state index >= 15 is 0 Å². The number of amides is 2. The Morgan fingerprint density at radius 3 is 3.09 bits per heavy atom. The molecule has 1 aliphatic heterocycles. The third-order valence-corrected chi connectivity index (χ3v) is 4.03. The van der Waals surface area contributed by atoms with E-state index in [2.05, 4.69) is 22.4 Å². The minimum absolute atomic E-state index is 0.0378. The Morgan fingerprint density at radius 2 is 2.27 bits per heavy atom. The van der Waals surface area contributed by atoms with Crippen molar-refractivity contribution >= 4 is 28.5 Å². The Bertz CT molecular complexity index is 694. The first-order valence-corrected chi connectivity index (χ1v) is 7.72. The second-order valence-corrected chi connectivity index (χ2v) is 5.64. The average molecular weight is 300 g/mol. The number of H-pyrrole nitrogens is 1. The third kappa shape index (κ3) is 2.68. The van der Waals surface area contributed by atoms with E-state index in [1.54, 1.807) is 4.90 Å². The topological polar surface area (TPSA) is 78.1 Å². The fourth-order valence-corrected chi connectivity index (χ4v) is 2.78. The molecule has 0 unspecified atom stereocenters. The number of nitrogens with one attached hydrogen (secondary N) is 2. The van der Waals surface area contributed by atoms with Gasteiger partial charge in [0.25, 0.3) is 0 Å². The number of rotatable bonds is 5. The molecule has 0 spiro atoms. The molecular weight excluding hydrogens is 280 g/mol. The summed E-state index contributed by atoms with van der Waals surface area (Å²) in [4.78, 5) is 26.0. The predicted molar refractivity (Wildman–Crippen MR) is 84.5 cm³/mol. The summed E-state index contributed by atoms with van der Waals surface area (Å²) < 4.78 is 0. The molecule has 116 valence electrons. The number of carbonyl (C=O) groups is 2. The van der Waals surface area contributed by atoms with Crippen molar-refractivity contribution in [3.8, 4) is 0 Å². The molecule has 3 rings (SSSR count). The number of carbonyl (C=O) groups excluding carboxylic acids is 2. The van der Waals surface area contributed by atoms with Gasteiger partial charge in [0.15, 0.2) is 5.82 Å². The van der Waals surface area contributed by atoms with E-state index in [9.17, 15) is 9.59 Å². The van der Waals surface area contributed by atoms with Gasteiger partial charge < -0.3 is 5.32 Å². The standard InChI is InChI=1S/C16H20N4O2/c1-2-3-8-17-16(22)11-9-14(21)20(10-11)15-12-6-4-5-7-13(12)18-19-15/h4-7,11H,2-3,8-10H2,1H3,(H,17,22)(H,18,19)/t11-/m1/s1. The molecule has 6 nitrogen and oxygen atoms in total. The van der Waals surface area contributed by atoms with Crippen molar-refractivity contribution in [1.29, 1.82) is 0 Å². The van der Waals surface area contributed by atoms with Gasteiger partial charge in [-0.25, -0.2) is 0 Å². The van der Waals surface area contributed by atoms with Crippen molar-refractivity contribution in [2.75, 3.05) is 18.0 Å². The lowest BCUT2D eigenvalue weighted by atomic mass is 10.1. The maximum atomic E-state index is 12.3. The highest BCUT2D eigenvalue weighted by atomic mass is 16.2. The number of aromatic nitrogens is 2. The van der Waals surface area contributed by atoms with Crippen LogP contribution >= 0.6 is 0 Å². The minimum atomic E-state index is -0.292. The van der Waals surface area contributed by atoms with Crippen molar-refractivity contribution in [2.24, 2.45) is 5.92 Å². The highest BCUT2D eigenvalue weighted by Gasteiger charge is 2.36. The normalized spacial score (nSPS) is 18.1. The second-order valence-electron chi connectivity index (χ2n) is 5.64. The van der Waals surface area contributed by atoms with E-state index in [0.717, 1.165) is 23.7 Å². The molecule has 1 aromatic carbocycles. The maximum absolute atomic E-state index is 12.3. The van der Waals surface area contributed by atoms with E-state index in [1.165, 1.54) is 0 Å². The van der Waals surface area contributed by atoms with Crippen molar-refractivity contribution in [3.63, 3.8) is 0 Å². The van der Waals surface area contributed by atoms with Crippen LogP contribution < -0.4 is 10.2 Å². The van der Waals surface area contributed by atoms with E-state index in [1.807, 2.05) is 24.3 Å². The Labute approximate surface area is 128 Å². The summed E-state index contributed by atoms with van der Waals surface area (Å²) in [6.45, 7) is 3.15.